The third-order valence-electron chi connectivity index (χ3n) is 4.40. The molecule has 0 radical (unpaired) electrons. The lowest BCUT2D eigenvalue weighted by Crippen LogP contribution is -2.50. The number of amides is 2. The van der Waals surface area contributed by atoms with Gasteiger partial charge in [0, 0.05) is 4.88 Å². The fourth-order valence-electron chi connectivity index (χ4n) is 3.00. The Bertz CT molecular complexity index is 1030. The molecule has 0 aliphatic carbocycles. The molecule has 1 aromatic heterocycles. The van der Waals surface area contributed by atoms with E-state index in [-0.39, 0.29) is 35.9 Å². The Kier molecular flexibility index (Phi) is 7.19. The summed E-state index contributed by atoms with van der Waals surface area (Å²) in [5.41, 5.74) is 1.25. The number of rotatable bonds is 7. The molecule has 2 N–H and O–H groups in total. The van der Waals surface area contributed by atoms with Gasteiger partial charge in [0.1, 0.15) is 12.4 Å². The monoisotopic (exact) mass is 444 g/mol. The molecule has 1 atom stereocenters. The van der Waals surface area contributed by atoms with Crippen molar-refractivity contribution in [1.82, 2.24) is 10.6 Å². The van der Waals surface area contributed by atoms with Crippen LogP contribution in [0.5, 0.6) is 0 Å². The molecule has 2 amide bonds. The molecule has 9 heteroatoms. The second-order valence-corrected chi connectivity index (χ2v) is 7.54. The van der Waals surface area contributed by atoms with E-state index in [4.69, 9.17) is 9.47 Å². The summed E-state index contributed by atoms with van der Waals surface area (Å²) in [6.07, 6.45) is 1.60. The van der Waals surface area contributed by atoms with Crippen LogP contribution in [0.3, 0.4) is 0 Å². The maximum absolute atomic E-state index is 13.2. The zero-order valence-electron chi connectivity index (χ0n) is 16.9. The van der Waals surface area contributed by atoms with Gasteiger partial charge in [0.15, 0.2) is 0 Å². The van der Waals surface area contributed by atoms with Gasteiger partial charge in [-0.2, -0.15) is 0 Å². The summed E-state index contributed by atoms with van der Waals surface area (Å²) >= 11 is 1.35. The lowest BCUT2D eigenvalue weighted by Gasteiger charge is -2.26. The minimum absolute atomic E-state index is 0.162. The SMILES string of the molecule is CCOC(=O)C1=C(COC(=O)C(=Cc2ccc(F)cc2)c2cccs2)NC(=O)NC1C. The third kappa shape index (κ3) is 5.58. The van der Waals surface area contributed by atoms with Crippen LogP contribution in [-0.4, -0.2) is 37.2 Å². The van der Waals surface area contributed by atoms with Crippen molar-refractivity contribution in [2.45, 2.75) is 19.9 Å². The van der Waals surface area contributed by atoms with Crippen LogP contribution in [0.4, 0.5) is 9.18 Å². The molecular weight excluding hydrogens is 423 g/mol. The number of halogens is 1. The fourth-order valence-corrected chi connectivity index (χ4v) is 3.73. The summed E-state index contributed by atoms with van der Waals surface area (Å²) in [6.45, 7) is 3.15. The van der Waals surface area contributed by atoms with Crippen LogP contribution in [-0.2, 0) is 19.1 Å². The maximum Gasteiger partial charge on any atom is 0.339 e. The molecule has 7 nitrogen and oxygen atoms in total. The standard InChI is InChI=1S/C22H21FN2O5S/c1-3-29-21(27)19-13(2)24-22(28)25-17(19)12-30-20(26)16(18-5-4-10-31-18)11-14-6-8-15(23)9-7-14/h4-11,13H,3,12H2,1-2H3,(H2,24,25,28). The van der Waals surface area contributed by atoms with Crippen molar-refractivity contribution < 1.29 is 28.2 Å². The van der Waals surface area contributed by atoms with Crippen molar-refractivity contribution in [2.24, 2.45) is 0 Å². The predicted octanol–water partition coefficient (Wildman–Crippen LogP) is 3.49. The first kappa shape index (κ1) is 22.2. The number of esters is 2. The van der Waals surface area contributed by atoms with Gasteiger partial charge in [-0.25, -0.2) is 18.8 Å². The van der Waals surface area contributed by atoms with Gasteiger partial charge in [0.2, 0.25) is 0 Å². The highest BCUT2D eigenvalue weighted by Gasteiger charge is 2.30. The summed E-state index contributed by atoms with van der Waals surface area (Å²) < 4.78 is 23.7. The van der Waals surface area contributed by atoms with Crippen LogP contribution < -0.4 is 10.6 Å². The van der Waals surface area contributed by atoms with Crippen LogP contribution in [0, 0.1) is 5.82 Å². The van der Waals surface area contributed by atoms with Gasteiger partial charge in [-0.1, -0.05) is 18.2 Å². The molecule has 0 fully saturated rings. The van der Waals surface area contributed by atoms with Crippen molar-refractivity contribution in [1.29, 1.82) is 0 Å². The highest BCUT2D eigenvalue weighted by molar-refractivity contribution is 7.11. The molecule has 1 unspecified atom stereocenters. The first-order chi connectivity index (χ1) is 14.9. The van der Waals surface area contributed by atoms with Crippen LogP contribution in [0.25, 0.3) is 11.6 Å². The first-order valence-electron chi connectivity index (χ1n) is 9.55. The average Bonchev–Trinajstić information content (AvgIpc) is 3.25. The lowest BCUT2D eigenvalue weighted by atomic mass is 10.0. The van der Waals surface area contributed by atoms with E-state index >= 15 is 0 Å². The van der Waals surface area contributed by atoms with Gasteiger partial charge in [-0.3, -0.25) is 0 Å². The van der Waals surface area contributed by atoms with Crippen LogP contribution in [0.2, 0.25) is 0 Å². The second-order valence-electron chi connectivity index (χ2n) is 6.60. The first-order valence-corrected chi connectivity index (χ1v) is 10.4. The Morgan fingerprint density at radius 3 is 2.58 bits per heavy atom. The number of carbonyl (C=O) groups excluding carboxylic acids is 3. The minimum atomic E-state index is -0.650. The Labute approximate surface area is 182 Å². The number of hydrogen-bond donors (Lipinski definition) is 2. The zero-order chi connectivity index (χ0) is 22.4. The summed E-state index contributed by atoms with van der Waals surface area (Å²) in [6, 6.07) is 8.14. The highest BCUT2D eigenvalue weighted by Crippen LogP contribution is 2.25. The van der Waals surface area contributed by atoms with E-state index in [0.29, 0.717) is 10.4 Å². The summed E-state index contributed by atoms with van der Waals surface area (Å²) in [4.78, 5) is 37.7. The third-order valence-corrected chi connectivity index (χ3v) is 5.30. The molecule has 0 saturated carbocycles. The van der Waals surface area contributed by atoms with E-state index in [1.165, 1.54) is 23.5 Å². The molecule has 1 aliphatic heterocycles. The van der Waals surface area contributed by atoms with Gasteiger partial charge >= 0.3 is 18.0 Å². The Hall–Kier alpha value is -3.46. The van der Waals surface area contributed by atoms with E-state index in [1.54, 1.807) is 44.2 Å². The molecule has 0 spiro atoms. The second kappa shape index (κ2) is 10.0. The van der Waals surface area contributed by atoms with Crippen molar-refractivity contribution in [3.05, 3.63) is 69.3 Å². The predicted molar refractivity (Wildman–Crippen MR) is 114 cm³/mol. The number of carbonyl (C=O) groups is 3. The van der Waals surface area contributed by atoms with Gasteiger partial charge in [0.05, 0.1) is 29.5 Å². The van der Waals surface area contributed by atoms with Crippen molar-refractivity contribution in [2.75, 3.05) is 13.2 Å². The Morgan fingerprint density at radius 2 is 1.94 bits per heavy atom. The summed E-state index contributed by atoms with van der Waals surface area (Å²) in [7, 11) is 0. The number of benzene rings is 1. The van der Waals surface area contributed by atoms with Gasteiger partial charge in [-0.05, 0) is 49.1 Å². The Balaban J connectivity index is 1.86. The molecule has 1 aliphatic rings. The van der Waals surface area contributed by atoms with Crippen LogP contribution in [0.1, 0.15) is 24.3 Å². The maximum atomic E-state index is 13.2. The molecule has 0 bridgehead atoms. The molecule has 1 aromatic carbocycles. The average molecular weight is 444 g/mol. The topological polar surface area (TPSA) is 93.7 Å². The largest absolute Gasteiger partial charge is 0.463 e. The number of urea groups is 1. The van der Waals surface area contributed by atoms with E-state index in [9.17, 15) is 18.8 Å². The number of hydrogen-bond acceptors (Lipinski definition) is 6. The lowest BCUT2D eigenvalue weighted by molar-refractivity contribution is -0.140. The summed E-state index contributed by atoms with van der Waals surface area (Å²) in [5.74, 6) is -1.64. The van der Waals surface area contributed by atoms with E-state index in [0.717, 1.165) is 0 Å². The quantitative estimate of drug-likeness (QED) is 0.504. The zero-order valence-corrected chi connectivity index (χ0v) is 17.8. The molecule has 2 aromatic rings. The summed E-state index contributed by atoms with van der Waals surface area (Å²) in [5, 5.41) is 6.91. The molecule has 31 heavy (non-hydrogen) atoms. The van der Waals surface area contributed by atoms with Crippen LogP contribution >= 0.6 is 11.3 Å². The molecule has 2 heterocycles. The van der Waals surface area contributed by atoms with Gasteiger partial charge in [-0.15, -0.1) is 11.3 Å². The van der Waals surface area contributed by atoms with E-state index < -0.39 is 24.0 Å². The molecule has 162 valence electrons. The van der Waals surface area contributed by atoms with E-state index in [2.05, 4.69) is 10.6 Å². The molecule has 3 rings (SSSR count). The Morgan fingerprint density at radius 1 is 1.19 bits per heavy atom. The molecular formula is C22H21FN2O5S. The van der Waals surface area contributed by atoms with Crippen molar-refractivity contribution in [3.8, 4) is 0 Å². The molecule has 0 saturated heterocycles. The normalized spacial score (nSPS) is 16.4. The van der Waals surface area contributed by atoms with Gasteiger partial charge < -0.3 is 20.1 Å². The number of nitrogens with one attached hydrogen (secondary N) is 2. The van der Waals surface area contributed by atoms with Crippen LogP contribution in [0.15, 0.2) is 53.0 Å². The van der Waals surface area contributed by atoms with Crippen molar-refractivity contribution in [3.63, 3.8) is 0 Å². The van der Waals surface area contributed by atoms with Crippen molar-refractivity contribution >= 4 is 41.0 Å². The smallest absolute Gasteiger partial charge is 0.339 e. The highest BCUT2D eigenvalue weighted by atomic mass is 32.1. The van der Waals surface area contributed by atoms with E-state index in [1.807, 2.05) is 5.38 Å². The number of ether oxygens (including phenoxy) is 2. The minimum Gasteiger partial charge on any atom is -0.463 e. The fraction of sp³-hybridized carbons (Fsp3) is 0.227. The number of thiophene rings is 1. The van der Waals surface area contributed by atoms with Gasteiger partial charge in [0.25, 0.3) is 0 Å².